The third-order valence-corrected chi connectivity index (χ3v) is 6.27. The second kappa shape index (κ2) is 5.74. The number of nitrogens with zero attached hydrogens (tertiary/aromatic N) is 1. The smallest absolute Gasteiger partial charge is 0.299 e. The number of fused-ring (bicyclic) bond motifs is 1. The highest BCUT2D eigenvalue weighted by Gasteiger charge is 2.45. The van der Waals surface area contributed by atoms with Gasteiger partial charge in [-0.15, -0.1) is 0 Å². The van der Waals surface area contributed by atoms with E-state index in [0.29, 0.717) is 17.5 Å². The average Bonchev–Trinajstić information content (AvgIpc) is 2.71. The number of carbonyl (C=O) groups is 2. The topological polar surface area (TPSA) is 55.8 Å². The number of carbonyl (C=O) groups excluding carboxylic acids is 2. The van der Waals surface area contributed by atoms with E-state index < -0.39 is 18.5 Å². The zero-order valence-corrected chi connectivity index (χ0v) is 13.2. The molecule has 2 rings (SSSR count). The minimum Gasteiger partial charge on any atom is -0.317 e. The predicted molar refractivity (Wildman–Crippen MR) is 79.1 cm³/mol. The minimum atomic E-state index is -3.15. The molecular weight excluding hydrogens is 297 g/mol. The quantitative estimate of drug-likeness (QED) is 0.618. The van der Waals surface area contributed by atoms with Crippen LogP contribution in [0.4, 0.5) is 0 Å². The molecule has 1 aromatic carbocycles. The number of rotatable bonds is 5. The van der Waals surface area contributed by atoms with Gasteiger partial charge in [0.2, 0.25) is 0 Å². The summed E-state index contributed by atoms with van der Waals surface area (Å²) >= 11 is 5.36. The molecule has 0 saturated heterocycles. The molecule has 5 nitrogen and oxygen atoms in total. The van der Waals surface area contributed by atoms with E-state index in [1.165, 1.54) is 7.11 Å². The van der Waals surface area contributed by atoms with Gasteiger partial charge >= 0.3 is 0 Å². The van der Waals surface area contributed by atoms with Crippen LogP contribution in [-0.4, -0.2) is 29.7 Å². The van der Waals surface area contributed by atoms with Crippen molar-refractivity contribution in [3.8, 4) is 0 Å². The van der Waals surface area contributed by atoms with E-state index in [-0.39, 0.29) is 6.10 Å². The van der Waals surface area contributed by atoms with Gasteiger partial charge in [-0.1, -0.05) is 19.1 Å². The van der Waals surface area contributed by atoms with Crippen LogP contribution in [0.1, 0.15) is 41.0 Å². The normalized spacial score (nSPS) is 18.9. The largest absolute Gasteiger partial charge is 0.317 e. The molecule has 0 N–H and O–H groups in total. The first-order valence-corrected chi connectivity index (χ1v) is 8.86. The van der Waals surface area contributed by atoms with Crippen LogP contribution in [0.3, 0.4) is 0 Å². The maximum absolute atomic E-state index is 12.4. The summed E-state index contributed by atoms with van der Waals surface area (Å²) in [5, 5.41) is 0. The lowest BCUT2D eigenvalue weighted by Gasteiger charge is -2.29. The molecular formula is C13H16NO4PS. The Morgan fingerprint density at radius 1 is 1.25 bits per heavy atom. The fourth-order valence-electron chi connectivity index (χ4n) is 1.87. The Hall–Kier alpha value is -1.07. The van der Waals surface area contributed by atoms with Crippen LogP contribution in [0.5, 0.6) is 0 Å². The SMILES string of the molecule is CCC(C)OP(=S)(OC)N1C(=O)c2ccccc2C1=O. The first-order valence-electron chi connectivity index (χ1n) is 6.27. The van der Waals surface area contributed by atoms with E-state index >= 15 is 0 Å². The van der Waals surface area contributed by atoms with Gasteiger partial charge < -0.3 is 9.05 Å². The summed E-state index contributed by atoms with van der Waals surface area (Å²) in [5.74, 6) is -0.891. The molecule has 2 unspecified atom stereocenters. The summed E-state index contributed by atoms with van der Waals surface area (Å²) in [6.07, 6.45) is 0.523. The third-order valence-electron chi connectivity index (χ3n) is 3.14. The Bertz CT molecular complexity index is 569. The fraction of sp³-hybridized carbons (Fsp3) is 0.385. The summed E-state index contributed by atoms with van der Waals surface area (Å²) in [6, 6.07) is 6.63. The Morgan fingerprint density at radius 2 is 1.75 bits per heavy atom. The summed E-state index contributed by atoms with van der Waals surface area (Å²) in [7, 11) is 1.37. The Balaban J connectivity index is 2.41. The second-order valence-electron chi connectivity index (χ2n) is 4.44. The molecule has 0 radical (unpaired) electrons. The zero-order valence-electron chi connectivity index (χ0n) is 11.5. The molecule has 1 heterocycles. The highest BCUT2D eigenvalue weighted by molar-refractivity contribution is 8.09. The molecule has 1 aliphatic rings. The van der Waals surface area contributed by atoms with Crippen LogP contribution < -0.4 is 0 Å². The number of imide groups is 1. The molecule has 0 fully saturated rings. The van der Waals surface area contributed by atoms with Crippen molar-refractivity contribution >= 4 is 30.3 Å². The van der Waals surface area contributed by atoms with Crippen molar-refractivity contribution in [2.75, 3.05) is 7.11 Å². The number of amides is 2. The van der Waals surface area contributed by atoms with Crippen LogP contribution >= 0.6 is 6.64 Å². The Morgan fingerprint density at radius 3 is 2.15 bits per heavy atom. The van der Waals surface area contributed by atoms with E-state index in [9.17, 15) is 9.59 Å². The van der Waals surface area contributed by atoms with Crippen molar-refractivity contribution < 1.29 is 18.6 Å². The van der Waals surface area contributed by atoms with Gasteiger partial charge in [0, 0.05) is 7.11 Å². The van der Waals surface area contributed by atoms with Crippen LogP contribution in [0.2, 0.25) is 0 Å². The standard InChI is InChI=1S/C13H16NO4PS/c1-4-9(2)18-19(20,17-3)14-12(15)10-7-5-6-8-11(10)13(14)16/h5-9H,4H2,1-3H3. The molecule has 2 amide bonds. The fourth-order valence-corrected chi connectivity index (χ4v) is 4.37. The average molecular weight is 313 g/mol. The number of hydrogen-bond acceptors (Lipinski definition) is 5. The lowest BCUT2D eigenvalue weighted by atomic mass is 10.1. The molecule has 0 saturated carbocycles. The van der Waals surface area contributed by atoms with Crippen molar-refractivity contribution in [3.05, 3.63) is 35.4 Å². The van der Waals surface area contributed by atoms with E-state index in [1.54, 1.807) is 24.3 Å². The highest BCUT2D eigenvalue weighted by Crippen LogP contribution is 2.56. The van der Waals surface area contributed by atoms with Gasteiger partial charge in [0.1, 0.15) is 0 Å². The summed E-state index contributed by atoms with van der Waals surface area (Å²) in [5.41, 5.74) is 0.688. The molecule has 20 heavy (non-hydrogen) atoms. The van der Waals surface area contributed by atoms with Gasteiger partial charge in [-0.05, 0) is 37.3 Å². The summed E-state index contributed by atoms with van der Waals surface area (Å²) < 4.78 is 11.9. The van der Waals surface area contributed by atoms with Gasteiger partial charge in [-0.25, -0.2) is 0 Å². The first kappa shape index (κ1) is 15.3. The van der Waals surface area contributed by atoms with Crippen molar-refractivity contribution in [2.24, 2.45) is 0 Å². The third kappa shape index (κ3) is 2.44. The molecule has 0 bridgehead atoms. The lowest BCUT2D eigenvalue weighted by Crippen LogP contribution is -2.29. The summed E-state index contributed by atoms with van der Waals surface area (Å²) in [4.78, 5) is 24.8. The van der Waals surface area contributed by atoms with Gasteiger partial charge in [0.15, 0.2) is 0 Å². The second-order valence-corrected chi connectivity index (χ2v) is 7.74. The van der Waals surface area contributed by atoms with Gasteiger partial charge in [-0.2, -0.15) is 4.67 Å². The van der Waals surface area contributed by atoms with Gasteiger partial charge in [0.25, 0.3) is 18.5 Å². The highest BCUT2D eigenvalue weighted by atomic mass is 32.5. The van der Waals surface area contributed by atoms with E-state index in [2.05, 4.69) is 0 Å². The van der Waals surface area contributed by atoms with Crippen molar-refractivity contribution in [2.45, 2.75) is 26.4 Å². The van der Waals surface area contributed by atoms with Crippen molar-refractivity contribution in [1.82, 2.24) is 4.67 Å². The Labute approximate surface area is 123 Å². The maximum atomic E-state index is 12.4. The number of benzene rings is 1. The van der Waals surface area contributed by atoms with Gasteiger partial charge in [0.05, 0.1) is 17.2 Å². The predicted octanol–water partition coefficient (Wildman–Crippen LogP) is 2.97. The van der Waals surface area contributed by atoms with Crippen molar-refractivity contribution in [3.63, 3.8) is 0 Å². The zero-order chi connectivity index (χ0) is 14.9. The van der Waals surface area contributed by atoms with Crippen molar-refractivity contribution in [1.29, 1.82) is 0 Å². The molecule has 0 aromatic heterocycles. The van der Waals surface area contributed by atoms with E-state index in [4.69, 9.17) is 20.9 Å². The van der Waals surface area contributed by atoms with Gasteiger partial charge in [-0.3, -0.25) is 9.59 Å². The molecule has 7 heteroatoms. The molecule has 0 spiro atoms. The monoisotopic (exact) mass is 313 g/mol. The van der Waals surface area contributed by atoms with Crippen LogP contribution in [0, 0.1) is 0 Å². The van der Waals surface area contributed by atoms with E-state index in [1.807, 2.05) is 13.8 Å². The first-order chi connectivity index (χ1) is 9.44. The number of hydrogen-bond donors (Lipinski definition) is 0. The Kier molecular flexibility index (Phi) is 4.39. The molecule has 1 aromatic rings. The van der Waals surface area contributed by atoms with Crippen LogP contribution in [-0.2, 0) is 20.9 Å². The van der Waals surface area contributed by atoms with Crippen LogP contribution in [0.15, 0.2) is 24.3 Å². The minimum absolute atomic E-state index is 0.190. The molecule has 108 valence electrons. The van der Waals surface area contributed by atoms with Crippen LogP contribution in [0.25, 0.3) is 0 Å². The molecule has 1 aliphatic heterocycles. The maximum Gasteiger partial charge on any atom is 0.299 e. The molecule has 0 aliphatic carbocycles. The van der Waals surface area contributed by atoms with E-state index in [0.717, 1.165) is 4.67 Å². The summed E-state index contributed by atoms with van der Waals surface area (Å²) in [6.45, 7) is 0.617. The lowest BCUT2D eigenvalue weighted by molar-refractivity contribution is 0.0714. The molecule has 2 atom stereocenters.